The SMILES string of the molecule is CCOC(=O)c1c(N=CC2C(=O)CCCC2=O)sc2c1CCC2. The van der Waals surface area contributed by atoms with Crippen molar-refractivity contribution >= 4 is 40.1 Å². The Balaban J connectivity index is 1.90. The first kappa shape index (κ1) is 16.1. The third kappa shape index (κ3) is 3.13. The van der Waals surface area contributed by atoms with Gasteiger partial charge in [0.15, 0.2) is 0 Å². The van der Waals surface area contributed by atoms with E-state index in [0.29, 0.717) is 36.4 Å². The summed E-state index contributed by atoms with van der Waals surface area (Å²) < 4.78 is 5.15. The third-order valence-corrected chi connectivity index (χ3v) is 5.46. The Morgan fingerprint density at radius 3 is 2.61 bits per heavy atom. The highest BCUT2D eigenvalue weighted by molar-refractivity contribution is 7.16. The molecule has 0 amide bonds. The quantitative estimate of drug-likeness (QED) is 0.482. The van der Waals surface area contributed by atoms with Crippen LogP contribution >= 0.6 is 11.3 Å². The van der Waals surface area contributed by atoms with Crippen molar-refractivity contribution in [2.45, 2.75) is 45.4 Å². The normalized spacial score (nSPS) is 18.7. The molecular formula is C17H19NO4S. The molecule has 3 rings (SSSR count). The molecule has 0 N–H and O–H groups in total. The molecule has 0 spiro atoms. The lowest BCUT2D eigenvalue weighted by molar-refractivity contribution is -0.132. The summed E-state index contributed by atoms with van der Waals surface area (Å²) in [7, 11) is 0. The summed E-state index contributed by atoms with van der Waals surface area (Å²) >= 11 is 1.47. The summed E-state index contributed by atoms with van der Waals surface area (Å²) in [6, 6.07) is 0. The molecule has 0 atom stereocenters. The number of fused-ring (bicyclic) bond motifs is 1. The summed E-state index contributed by atoms with van der Waals surface area (Å²) in [5.41, 5.74) is 1.55. The van der Waals surface area contributed by atoms with Gasteiger partial charge >= 0.3 is 5.97 Å². The lowest BCUT2D eigenvalue weighted by Gasteiger charge is -2.14. The maximum Gasteiger partial charge on any atom is 0.341 e. The molecule has 1 fully saturated rings. The fourth-order valence-electron chi connectivity index (χ4n) is 3.13. The van der Waals surface area contributed by atoms with Gasteiger partial charge in [-0.05, 0) is 38.2 Å². The van der Waals surface area contributed by atoms with E-state index < -0.39 is 5.92 Å². The standard InChI is InChI=1S/C17H19NO4S/c1-2-22-17(21)15-10-5-3-8-14(10)23-16(15)18-9-11-12(19)6-4-7-13(11)20/h9,11H,2-8H2,1H3. The van der Waals surface area contributed by atoms with Crippen molar-refractivity contribution in [3.05, 3.63) is 16.0 Å². The minimum Gasteiger partial charge on any atom is -0.462 e. The first-order valence-corrected chi connectivity index (χ1v) is 8.84. The van der Waals surface area contributed by atoms with E-state index in [9.17, 15) is 14.4 Å². The van der Waals surface area contributed by atoms with Gasteiger partial charge in [-0.2, -0.15) is 0 Å². The van der Waals surface area contributed by atoms with Crippen molar-refractivity contribution in [3.63, 3.8) is 0 Å². The Morgan fingerprint density at radius 2 is 1.91 bits per heavy atom. The first-order chi connectivity index (χ1) is 11.1. The number of hydrogen-bond acceptors (Lipinski definition) is 6. The maximum atomic E-state index is 12.2. The van der Waals surface area contributed by atoms with E-state index in [2.05, 4.69) is 4.99 Å². The van der Waals surface area contributed by atoms with Crippen LogP contribution in [-0.4, -0.2) is 30.4 Å². The molecule has 1 aromatic rings. The number of thiophene rings is 1. The maximum absolute atomic E-state index is 12.2. The van der Waals surface area contributed by atoms with Gasteiger partial charge in [-0.1, -0.05) is 0 Å². The highest BCUT2D eigenvalue weighted by Gasteiger charge is 2.30. The fourth-order valence-corrected chi connectivity index (χ4v) is 4.36. The van der Waals surface area contributed by atoms with Crippen molar-refractivity contribution in [2.75, 3.05) is 6.61 Å². The second-order valence-corrected chi connectivity index (χ2v) is 6.88. The number of hydrogen-bond donors (Lipinski definition) is 0. The Hall–Kier alpha value is -1.82. The van der Waals surface area contributed by atoms with Gasteiger partial charge < -0.3 is 4.74 Å². The lowest BCUT2D eigenvalue weighted by Crippen LogP contribution is -2.29. The van der Waals surface area contributed by atoms with E-state index in [4.69, 9.17) is 4.74 Å². The number of esters is 1. The second-order valence-electron chi connectivity index (χ2n) is 5.80. The largest absolute Gasteiger partial charge is 0.462 e. The van der Waals surface area contributed by atoms with Gasteiger partial charge in [0.1, 0.15) is 22.5 Å². The molecule has 0 unspecified atom stereocenters. The van der Waals surface area contributed by atoms with Crippen molar-refractivity contribution in [1.82, 2.24) is 0 Å². The van der Waals surface area contributed by atoms with Crippen LogP contribution in [0.2, 0.25) is 0 Å². The van der Waals surface area contributed by atoms with Crippen LogP contribution in [0.4, 0.5) is 5.00 Å². The smallest absolute Gasteiger partial charge is 0.341 e. The molecule has 0 aromatic carbocycles. The van der Waals surface area contributed by atoms with E-state index in [1.165, 1.54) is 22.4 Å². The Morgan fingerprint density at radius 1 is 1.22 bits per heavy atom. The van der Waals surface area contributed by atoms with Crippen molar-refractivity contribution in [2.24, 2.45) is 10.9 Å². The molecule has 1 heterocycles. The molecular weight excluding hydrogens is 314 g/mol. The topological polar surface area (TPSA) is 72.8 Å². The van der Waals surface area contributed by atoms with Crippen LogP contribution in [-0.2, 0) is 27.2 Å². The molecule has 23 heavy (non-hydrogen) atoms. The van der Waals surface area contributed by atoms with Crippen molar-refractivity contribution in [3.8, 4) is 0 Å². The molecule has 0 radical (unpaired) electrons. The van der Waals surface area contributed by atoms with E-state index in [0.717, 1.165) is 24.8 Å². The number of Topliss-reactive ketones (excluding diaryl/α,β-unsaturated/α-hetero) is 2. The highest BCUT2D eigenvalue weighted by atomic mass is 32.1. The number of rotatable bonds is 4. The van der Waals surface area contributed by atoms with Gasteiger partial charge in [0.05, 0.1) is 12.2 Å². The minimum atomic E-state index is -0.754. The van der Waals surface area contributed by atoms with E-state index >= 15 is 0 Å². The summed E-state index contributed by atoms with van der Waals surface area (Å²) in [6.45, 7) is 2.08. The zero-order chi connectivity index (χ0) is 16.4. The average Bonchev–Trinajstić information content (AvgIpc) is 3.07. The fraction of sp³-hybridized carbons (Fsp3) is 0.529. The summed E-state index contributed by atoms with van der Waals surface area (Å²) in [5, 5.41) is 0.569. The monoisotopic (exact) mass is 333 g/mol. The number of carbonyl (C=O) groups excluding carboxylic acids is 3. The Labute approximate surface area is 138 Å². The number of ether oxygens (including phenoxy) is 1. The third-order valence-electron chi connectivity index (χ3n) is 4.26. The molecule has 1 saturated carbocycles. The molecule has 5 nitrogen and oxygen atoms in total. The molecule has 2 aliphatic carbocycles. The zero-order valence-corrected chi connectivity index (χ0v) is 13.9. The molecule has 0 aliphatic heterocycles. The van der Waals surface area contributed by atoms with Gasteiger partial charge in [-0.3, -0.25) is 9.59 Å². The number of carbonyl (C=O) groups is 3. The van der Waals surface area contributed by atoms with Gasteiger partial charge in [-0.15, -0.1) is 11.3 Å². The molecule has 1 aromatic heterocycles. The minimum absolute atomic E-state index is 0.0771. The molecule has 0 bridgehead atoms. The number of ketones is 2. The van der Waals surface area contributed by atoms with E-state index in [-0.39, 0.29) is 17.5 Å². The first-order valence-electron chi connectivity index (χ1n) is 8.03. The Kier molecular flexibility index (Phi) is 4.71. The van der Waals surface area contributed by atoms with Crippen LogP contribution < -0.4 is 0 Å². The van der Waals surface area contributed by atoms with Gasteiger partial charge in [0.2, 0.25) is 0 Å². The Bertz CT molecular complexity index is 673. The van der Waals surface area contributed by atoms with Crippen LogP contribution in [0.25, 0.3) is 0 Å². The molecule has 2 aliphatic rings. The van der Waals surface area contributed by atoms with Crippen LogP contribution in [0.1, 0.15) is 53.4 Å². The second kappa shape index (κ2) is 6.74. The predicted octanol–water partition coefficient (Wildman–Crippen LogP) is 3.05. The van der Waals surface area contributed by atoms with Crippen LogP contribution in [0.15, 0.2) is 4.99 Å². The average molecular weight is 333 g/mol. The number of aliphatic imine (C=N–C) groups is 1. The van der Waals surface area contributed by atoms with E-state index in [1.807, 2.05) is 0 Å². The summed E-state index contributed by atoms with van der Waals surface area (Å²) in [6.07, 6.45) is 5.75. The van der Waals surface area contributed by atoms with Crippen molar-refractivity contribution in [1.29, 1.82) is 0 Å². The molecule has 122 valence electrons. The number of aryl methyl sites for hydroxylation is 1. The van der Waals surface area contributed by atoms with Gasteiger partial charge in [-0.25, -0.2) is 9.79 Å². The molecule has 0 saturated heterocycles. The van der Waals surface area contributed by atoms with Gasteiger partial charge in [0.25, 0.3) is 0 Å². The lowest BCUT2D eigenvalue weighted by atomic mass is 9.88. The highest BCUT2D eigenvalue weighted by Crippen LogP contribution is 2.41. The number of nitrogens with zero attached hydrogens (tertiary/aromatic N) is 1. The zero-order valence-electron chi connectivity index (χ0n) is 13.1. The van der Waals surface area contributed by atoms with Crippen LogP contribution in [0, 0.1) is 5.92 Å². The van der Waals surface area contributed by atoms with E-state index in [1.54, 1.807) is 6.92 Å². The van der Waals surface area contributed by atoms with Crippen molar-refractivity contribution < 1.29 is 19.1 Å². The predicted molar refractivity (Wildman–Crippen MR) is 87.8 cm³/mol. The van der Waals surface area contributed by atoms with Crippen LogP contribution in [0.3, 0.4) is 0 Å². The summed E-state index contributed by atoms with van der Waals surface area (Å²) in [5.74, 6) is -1.27. The van der Waals surface area contributed by atoms with Crippen LogP contribution in [0.5, 0.6) is 0 Å². The van der Waals surface area contributed by atoms with Gasteiger partial charge in [0, 0.05) is 23.9 Å². The summed E-state index contributed by atoms with van der Waals surface area (Å²) in [4.78, 5) is 41.5. The molecule has 6 heteroatoms.